The van der Waals surface area contributed by atoms with E-state index in [4.69, 9.17) is 9.47 Å². The number of nitrogens with zero attached hydrogens (tertiary/aromatic N) is 2. The summed E-state index contributed by atoms with van der Waals surface area (Å²) in [5, 5.41) is 20.5. The minimum Gasteiger partial charge on any atom is -0.507 e. The van der Waals surface area contributed by atoms with Crippen molar-refractivity contribution in [3.05, 3.63) is 22.9 Å². The molecule has 0 aliphatic carbocycles. The highest BCUT2D eigenvalue weighted by Crippen LogP contribution is 2.40. The Hall–Kier alpha value is -2.57. The predicted molar refractivity (Wildman–Crippen MR) is 75.5 cm³/mol. The van der Waals surface area contributed by atoms with Crippen molar-refractivity contribution in [3.63, 3.8) is 0 Å². The van der Waals surface area contributed by atoms with Gasteiger partial charge in [-0.15, -0.1) is 5.10 Å². The highest BCUT2D eigenvalue weighted by atomic mass is 16.5. The van der Waals surface area contributed by atoms with E-state index in [-0.39, 0.29) is 23.7 Å². The van der Waals surface area contributed by atoms with Crippen molar-refractivity contribution in [1.82, 2.24) is 15.4 Å². The predicted octanol–water partition coefficient (Wildman–Crippen LogP) is 1.98. The summed E-state index contributed by atoms with van der Waals surface area (Å²) in [5.41, 5.74) is 1.96. The van der Waals surface area contributed by atoms with Crippen LogP contribution in [-0.4, -0.2) is 40.2 Å². The molecule has 0 saturated carbocycles. The van der Waals surface area contributed by atoms with Crippen molar-refractivity contribution in [2.45, 2.75) is 20.8 Å². The summed E-state index contributed by atoms with van der Waals surface area (Å²) < 4.78 is 10.2. The van der Waals surface area contributed by atoms with Crippen LogP contribution in [0.2, 0.25) is 0 Å². The number of phenolic OH excluding ortho intramolecular Hbond substituents is 1. The molecule has 1 aromatic carbocycles. The number of aromatic nitrogens is 3. The molecule has 0 spiro atoms. The number of aryl methyl sites for hydroxylation is 1. The zero-order valence-electron chi connectivity index (χ0n) is 12.4. The Morgan fingerprint density at radius 1 is 1.38 bits per heavy atom. The molecule has 0 aliphatic heterocycles. The van der Waals surface area contributed by atoms with Crippen molar-refractivity contribution >= 4 is 5.97 Å². The van der Waals surface area contributed by atoms with Crippen LogP contribution in [0.3, 0.4) is 0 Å². The maximum absolute atomic E-state index is 11.9. The van der Waals surface area contributed by atoms with Crippen molar-refractivity contribution < 1.29 is 19.4 Å². The van der Waals surface area contributed by atoms with Gasteiger partial charge in [0.05, 0.1) is 19.3 Å². The third-order valence-corrected chi connectivity index (χ3v) is 3.18. The van der Waals surface area contributed by atoms with Gasteiger partial charge in [0, 0.05) is 5.56 Å². The third kappa shape index (κ3) is 2.54. The number of benzene rings is 1. The fourth-order valence-electron chi connectivity index (χ4n) is 2.12. The average Bonchev–Trinajstić information content (AvgIpc) is 2.92. The number of ether oxygens (including phenoxy) is 2. The van der Waals surface area contributed by atoms with Crippen LogP contribution in [0, 0.1) is 13.8 Å². The highest BCUT2D eigenvalue weighted by molar-refractivity contribution is 5.95. The number of hydrogen-bond acceptors (Lipinski definition) is 6. The Bertz CT molecular complexity index is 679. The molecular formula is C14H17N3O4. The number of hydrogen-bond donors (Lipinski definition) is 2. The van der Waals surface area contributed by atoms with E-state index in [9.17, 15) is 9.90 Å². The molecule has 0 unspecified atom stereocenters. The Balaban J connectivity index is 2.65. The Morgan fingerprint density at radius 3 is 2.71 bits per heavy atom. The first-order valence-electron chi connectivity index (χ1n) is 6.46. The molecule has 112 valence electrons. The lowest BCUT2D eigenvalue weighted by molar-refractivity contribution is 0.0520. The third-order valence-electron chi connectivity index (χ3n) is 3.18. The number of methoxy groups -OCH3 is 1. The zero-order valence-corrected chi connectivity index (χ0v) is 12.4. The van der Waals surface area contributed by atoms with Gasteiger partial charge in [-0.1, -0.05) is 0 Å². The number of esters is 1. The normalized spacial score (nSPS) is 10.5. The lowest BCUT2D eigenvalue weighted by Gasteiger charge is -2.13. The minimum atomic E-state index is -0.597. The molecule has 1 heterocycles. The van der Waals surface area contributed by atoms with Crippen LogP contribution < -0.4 is 4.74 Å². The monoisotopic (exact) mass is 291 g/mol. The lowest BCUT2D eigenvalue weighted by atomic mass is 9.98. The molecule has 7 heteroatoms. The van der Waals surface area contributed by atoms with E-state index >= 15 is 0 Å². The number of H-pyrrole nitrogens is 1. The van der Waals surface area contributed by atoms with E-state index in [2.05, 4.69) is 15.4 Å². The lowest BCUT2D eigenvalue weighted by Crippen LogP contribution is -2.07. The molecule has 0 saturated heterocycles. The second kappa shape index (κ2) is 5.82. The number of phenols is 1. The van der Waals surface area contributed by atoms with Crippen LogP contribution in [0.4, 0.5) is 0 Å². The van der Waals surface area contributed by atoms with Gasteiger partial charge in [-0.2, -0.15) is 10.3 Å². The minimum absolute atomic E-state index is 0.0305. The van der Waals surface area contributed by atoms with Crippen molar-refractivity contribution in [1.29, 1.82) is 0 Å². The van der Waals surface area contributed by atoms with Crippen LogP contribution in [0.15, 0.2) is 6.07 Å². The topological polar surface area (TPSA) is 97.3 Å². The van der Waals surface area contributed by atoms with E-state index in [1.54, 1.807) is 26.8 Å². The van der Waals surface area contributed by atoms with Crippen LogP contribution >= 0.6 is 0 Å². The summed E-state index contributed by atoms with van der Waals surface area (Å²) in [6.07, 6.45) is 0. The van der Waals surface area contributed by atoms with Crippen LogP contribution in [0.25, 0.3) is 11.3 Å². The van der Waals surface area contributed by atoms with Gasteiger partial charge in [0.1, 0.15) is 17.2 Å². The molecule has 1 aromatic heterocycles. The van der Waals surface area contributed by atoms with Crippen LogP contribution in [0.5, 0.6) is 11.5 Å². The van der Waals surface area contributed by atoms with Gasteiger partial charge in [-0.05, 0) is 32.4 Å². The molecule has 2 rings (SSSR count). The number of rotatable bonds is 4. The molecule has 7 nitrogen and oxygen atoms in total. The Kier molecular flexibility index (Phi) is 4.11. The molecule has 0 radical (unpaired) electrons. The average molecular weight is 291 g/mol. The van der Waals surface area contributed by atoms with Crippen molar-refractivity contribution in [2.75, 3.05) is 13.7 Å². The summed E-state index contributed by atoms with van der Waals surface area (Å²) in [5.74, 6) is 0.0337. The summed E-state index contributed by atoms with van der Waals surface area (Å²) in [6, 6.07) is 1.72. The number of carbonyl (C=O) groups excluding carboxylic acids is 1. The summed E-state index contributed by atoms with van der Waals surface area (Å²) >= 11 is 0. The summed E-state index contributed by atoms with van der Waals surface area (Å²) in [6.45, 7) is 5.45. The fraction of sp³-hybridized carbons (Fsp3) is 0.357. The molecule has 21 heavy (non-hydrogen) atoms. The summed E-state index contributed by atoms with van der Waals surface area (Å²) in [4.78, 5) is 11.9. The van der Waals surface area contributed by atoms with E-state index in [0.717, 1.165) is 0 Å². The number of nitrogens with one attached hydrogen (secondary N) is 1. The van der Waals surface area contributed by atoms with Gasteiger partial charge >= 0.3 is 5.97 Å². The number of carbonyl (C=O) groups is 1. The maximum Gasteiger partial charge on any atom is 0.361 e. The van der Waals surface area contributed by atoms with Crippen molar-refractivity contribution in [3.8, 4) is 22.8 Å². The Labute approximate surface area is 121 Å². The standard InChI is InChI=1S/C14H17N3O4/c1-5-21-14(19)12-11(15-17-16-12)10-8(3)9(20-4)6-7(2)13(10)18/h6,18H,5H2,1-4H3,(H,15,16,17). The number of aromatic hydroxyl groups is 1. The SMILES string of the molecule is CCOC(=O)c1n[nH]nc1-c1c(C)c(OC)cc(C)c1O. The number of aromatic amines is 1. The first-order valence-corrected chi connectivity index (χ1v) is 6.46. The molecule has 0 atom stereocenters. The smallest absolute Gasteiger partial charge is 0.361 e. The van der Waals surface area contributed by atoms with E-state index in [1.165, 1.54) is 7.11 Å². The van der Waals surface area contributed by atoms with Crippen molar-refractivity contribution in [2.24, 2.45) is 0 Å². The van der Waals surface area contributed by atoms with Crippen LogP contribution in [0.1, 0.15) is 28.5 Å². The van der Waals surface area contributed by atoms with E-state index in [1.807, 2.05) is 0 Å². The van der Waals surface area contributed by atoms with Gasteiger partial charge in [-0.25, -0.2) is 4.79 Å². The molecule has 0 amide bonds. The van der Waals surface area contributed by atoms with Gasteiger partial charge in [0.15, 0.2) is 5.69 Å². The molecule has 0 fully saturated rings. The molecule has 2 aromatic rings. The molecule has 2 N–H and O–H groups in total. The second-order valence-electron chi connectivity index (χ2n) is 4.49. The first-order chi connectivity index (χ1) is 10.0. The first kappa shape index (κ1) is 14.8. The van der Waals surface area contributed by atoms with Gasteiger partial charge in [0.25, 0.3) is 0 Å². The second-order valence-corrected chi connectivity index (χ2v) is 4.49. The van der Waals surface area contributed by atoms with E-state index < -0.39 is 5.97 Å². The summed E-state index contributed by atoms with van der Waals surface area (Å²) in [7, 11) is 1.54. The van der Waals surface area contributed by atoms with Gasteiger partial charge < -0.3 is 14.6 Å². The Morgan fingerprint density at radius 2 is 2.10 bits per heavy atom. The molecule has 0 aliphatic rings. The zero-order chi connectivity index (χ0) is 15.6. The maximum atomic E-state index is 11.9. The molecule has 0 bridgehead atoms. The van der Waals surface area contributed by atoms with Crippen LogP contribution in [-0.2, 0) is 4.74 Å². The fourth-order valence-corrected chi connectivity index (χ4v) is 2.12. The van der Waals surface area contributed by atoms with Gasteiger partial charge in [0.2, 0.25) is 0 Å². The largest absolute Gasteiger partial charge is 0.507 e. The highest BCUT2D eigenvalue weighted by Gasteiger charge is 2.25. The van der Waals surface area contributed by atoms with Gasteiger partial charge in [-0.3, -0.25) is 0 Å². The quantitative estimate of drug-likeness (QED) is 0.836. The van der Waals surface area contributed by atoms with E-state index in [0.29, 0.717) is 22.4 Å². The molecular weight excluding hydrogens is 274 g/mol.